The minimum Gasteiger partial charge on any atom is -0.294 e. The number of thiazole rings is 1. The molecule has 0 amide bonds. The van der Waals surface area contributed by atoms with Crippen molar-refractivity contribution >= 4 is 17.1 Å². The molecule has 0 aliphatic rings. The fourth-order valence-electron chi connectivity index (χ4n) is 2.16. The van der Waals surface area contributed by atoms with E-state index in [1.165, 1.54) is 16.9 Å². The largest absolute Gasteiger partial charge is 0.294 e. The van der Waals surface area contributed by atoms with Crippen LogP contribution in [-0.2, 0) is 6.54 Å². The van der Waals surface area contributed by atoms with Crippen molar-refractivity contribution < 1.29 is 4.79 Å². The molecule has 0 saturated heterocycles. The molecule has 0 aliphatic carbocycles. The van der Waals surface area contributed by atoms with Gasteiger partial charge in [0.15, 0.2) is 10.8 Å². The Morgan fingerprint density at radius 2 is 1.95 bits per heavy atom. The molecule has 112 valence electrons. The molecule has 0 atom stereocenters. The van der Waals surface area contributed by atoms with E-state index >= 15 is 0 Å². The van der Waals surface area contributed by atoms with Gasteiger partial charge < -0.3 is 0 Å². The lowest BCUT2D eigenvalue weighted by molar-refractivity contribution is 0.0896. The summed E-state index contributed by atoms with van der Waals surface area (Å²) in [4.78, 5) is 18.5. The number of Topliss-reactive ketones (excluding diaryl/α,β-unsaturated/α-hetero) is 1. The monoisotopic (exact) mass is 302 g/mol. The average molecular weight is 302 g/mol. The van der Waals surface area contributed by atoms with E-state index in [0.717, 1.165) is 13.1 Å². The van der Waals surface area contributed by atoms with Crippen molar-refractivity contribution in [2.45, 2.75) is 39.3 Å². The Morgan fingerprint density at radius 3 is 2.52 bits per heavy atom. The molecule has 0 fully saturated rings. The van der Waals surface area contributed by atoms with Gasteiger partial charge in [0.25, 0.3) is 0 Å². The standard InChI is InChI=1S/C17H22N2OS/c1-17(2,3)19(13-14-7-5-4-6-8-14)11-9-15(20)16-18-10-12-21-16/h4-8,10,12H,9,11,13H2,1-3H3. The van der Waals surface area contributed by atoms with E-state index in [1.807, 2.05) is 11.4 Å². The van der Waals surface area contributed by atoms with Gasteiger partial charge in [-0.05, 0) is 26.3 Å². The van der Waals surface area contributed by atoms with E-state index in [2.05, 4.69) is 54.9 Å². The minimum atomic E-state index is 0.0268. The summed E-state index contributed by atoms with van der Waals surface area (Å²) in [5, 5.41) is 2.46. The fourth-order valence-corrected chi connectivity index (χ4v) is 2.77. The molecule has 1 heterocycles. The molecule has 0 saturated carbocycles. The Balaban J connectivity index is 1.99. The zero-order valence-corrected chi connectivity index (χ0v) is 13.7. The molecular formula is C17H22N2OS. The van der Waals surface area contributed by atoms with Crippen LogP contribution in [0.15, 0.2) is 41.9 Å². The third-order valence-electron chi connectivity index (χ3n) is 3.44. The van der Waals surface area contributed by atoms with Crippen LogP contribution < -0.4 is 0 Å². The second-order valence-electron chi connectivity index (χ2n) is 6.09. The SMILES string of the molecule is CC(C)(C)N(CCC(=O)c1nccs1)Cc1ccccc1. The molecule has 3 nitrogen and oxygen atoms in total. The molecule has 0 bridgehead atoms. The van der Waals surface area contributed by atoms with Crippen molar-refractivity contribution in [1.82, 2.24) is 9.88 Å². The van der Waals surface area contributed by atoms with E-state index in [-0.39, 0.29) is 11.3 Å². The summed E-state index contributed by atoms with van der Waals surface area (Å²) in [6.45, 7) is 8.16. The second kappa shape index (κ2) is 6.96. The highest BCUT2D eigenvalue weighted by Crippen LogP contribution is 2.18. The summed E-state index contributed by atoms with van der Waals surface area (Å²) < 4.78 is 0. The van der Waals surface area contributed by atoms with Crippen molar-refractivity contribution in [3.8, 4) is 0 Å². The second-order valence-corrected chi connectivity index (χ2v) is 6.98. The summed E-state index contributed by atoms with van der Waals surface area (Å²) >= 11 is 1.41. The number of carbonyl (C=O) groups is 1. The molecule has 2 aromatic rings. The van der Waals surface area contributed by atoms with Crippen LogP contribution in [-0.4, -0.2) is 27.8 Å². The first-order valence-corrected chi connectivity index (χ1v) is 8.06. The zero-order chi connectivity index (χ0) is 15.3. The zero-order valence-electron chi connectivity index (χ0n) is 12.9. The number of nitrogens with zero attached hydrogens (tertiary/aromatic N) is 2. The minimum absolute atomic E-state index is 0.0268. The molecule has 4 heteroatoms. The number of benzene rings is 1. The molecule has 1 aromatic carbocycles. The predicted octanol–water partition coefficient (Wildman–Crippen LogP) is 4.02. The van der Waals surface area contributed by atoms with Gasteiger partial charge in [-0.15, -0.1) is 11.3 Å². The smallest absolute Gasteiger partial charge is 0.192 e. The van der Waals surface area contributed by atoms with Gasteiger partial charge in [0.05, 0.1) is 0 Å². The summed E-state index contributed by atoms with van der Waals surface area (Å²) in [7, 11) is 0. The van der Waals surface area contributed by atoms with Crippen LogP contribution in [0, 0.1) is 0 Å². The van der Waals surface area contributed by atoms with E-state index in [0.29, 0.717) is 11.4 Å². The van der Waals surface area contributed by atoms with E-state index < -0.39 is 0 Å². The maximum Gasteiger partial charge on any atom is 0.192 e. The Labute approximate surface area is 130 Å². The molecule has 2 rings (SSSR count). The van der Waals surface area contributed by atoms with Gasteiger partial charge in [-0.1, -0.05) is 30.3 Å². The predicted molar refractivity (Wildman–Crippen MR) is 87.7 cm³/mol. The topological polar surface area (TPSA) is 33.2 Å². The van der Waals surface area contributed by atoms with Gasteiger partial charge in [0, 0.05) is 36.6 Å². The number of hydrogen-bond acceptors (Lipinski definition) is 4. The fraction of sp³-hybridized carbons (Fsp3) is 0.412. The quantitative estimate of drug-likeness (QED) is 0.756. The molecule has 0 spiro atoms. The Hall–Kier alpha value is -1.52. The van der Waals surface area contributed by atoms with Gasteiger partial charge in [-0.25, -0.2) is 4.98 Å². The van der Waals surface area contributed by atoms with Gasteiger partial charge in [0.2, 0.25) is 0 Å². The first-order chi connectivity index (χ1) is 9.97. The van der Waals surface area contributed by atoms with Crippen LogP contribution in [0.25, 0.3) is 0 Å². The van der Waals surface area contributed by atoms with Crippen LogP contribution in [0.5, 0.6) is 0 Å². The Bertz CT molecular complexity index is 558. The molecule has 0 N–H and O–H groups in total. The van der Waals surface area contributed by atoms with Gasteiger partial charge >= 0.3 is 0 Å². The number of ketones is 1. The maximum atomic E-state index is 12.1. The highest BCUT2D eigenvalue weighted by atomic mass is 32.1. The van der Waals surface area contributed by atoms with Crippen molar-refractivity contribution in [1.29, 1.82) is 0 Å². The van der Waals surface area contributed by atoms with Crippen molar-refractivity contribution in [3.63, 3.8) is 0 Å². The highest BCUT2D eigenvalue weighted by molar-refractivity contribution is 7.11. The van der Waals surface area contributed by atoms with Crippen LogP contribution >= 0.6 is 11.3 Å². The lowest BCUT2D eigenvalue weighted by Crippen LogP contribution is -2.42. The molecule has 0 aliphatic heterocycles. The number of rotatable bonds is 6. The summed E-state index contributed by atoms with van der Waals surface area (Å²) in [5.41, 5.74) is 1.30. The third-order valence-corrected chi connectivity index (χ3v) is 4.26. The van der Waals surface area contributed by atoms with Crippen LogP contribution in [0.3, 0.4) is 0 Å². The van der Waals surface area contributed by atoms with E-state index in [9.17, 15) is 4.79 Å². The van der Waals surface area contributed by atoms with Gasteiger partial charge in [-0.2, -0.15) is 0 Å². The average Bonchev–Trinajstić information content (AvgIpc) is 2.97. The van der Waals surface area contributed by atoms with Crippen LogP contribution in [0.2, 0.25) is 0 Å². The lowest BCUT2D eigenvalue weighted by Gasteiger charge is -2.35. The molecule has 0 radical (unpaired) electrons. The number of aromatic nitrogens is 1. The Kier molecular flexibility index (Phi) is 5.26. The van der Waals surface area contributed by atoms with Crippen LogP contribution in [0.4, 0.5) is 0 Å². The Morgan fingerprint density at radius 1 is 1.24 bits per heavy atom. The highest BCUT2D eigenvalue weighted by Gasteiger charge is 2.22. The first-order valence-electron chi connectivity index (χ1n) is 7.18. The molecular weight excluding hydrogens is 280 g/mol. The molecule has 1 aromatic heterocycles. The summed E-state index contributed by atoms with van der Waals surface area (Å²) in [5.74, 6) is 0.132. The van der Waals surface area contributed by atoms with Gasteiger partial charge in [0.1, 0.15) is 0 Å². The van der Waals surface area contributed by atoms with Gasteiger partial charge in [-0.3, -0.25) is 9.69 Å². The first kappa shape index (κ1) is 15.9. The van der Waals surface area contributed by atoms with Crippen molar-refractivity contribution in [3.05, 3.63) is 52.5 Å². The van der Waals surface area contributed by atoms with Crippen molar-refractivity contribution in [2.75, 3.05) is 6.54 Å². The van der Waals surface area contributed by atoms with Crippen molar-refractivity contribution in [2.24, 2.45) is 0 Å². The third kappa shape index (κ3) is 4.76. The number of carbonyl (C=O) groups excluding carboxylic acids is 1. The molecule has 21 heavy (non-hydrogen) atoms. The maximum absolute atomic E-state index is 12.1. The number of hydrogen-bond donors (Lipinski definition) is 0. The van der Waals surface area contributed by atoms with E-state index in [1.54, 1.807) is 6.20 Å². The molecule has 0 unspecified atom stereocenters. The summed E-state index contributed by atoms with van der Waals surface area (Å²) in [6, 6.07) is 10.4. The van der Waals surface area contributed by atoms with Crippen LogP contribution in [0.1, 0.15) is 42.6 Å². The van der Waals surface area contributed by atoms with E-state index in [4.69, 9.17) is 0 Å². The summed E-state index contributed by atoms with van der Waals surface area (Å²) in [6.07, 6.45) is 2.20. The lowest BCUT2D eigenvalue weighted by atomic mass is 10.0. The normalized spacial score (nSPS) is 11.8.